The lowest BCUT2D eigenvalue weighted by molar-refractivity contribution is 0.108. The highest BCUT2D eigenvalue weighted by atomic mass is 35.5. The van der Waals surface area contributed by atoms with Crippen molar-refractivity contribution in [1.82, 2.24) is 0 Å². The topological polar surface area (TPSA) is 73.9 Å². The van der Waals surface area contributed by atoms with Crippen molar-refractivity contribution in [2.45, 2.75) is 6.10 Å². The van der Waals surface area contributed by atoms with E-state index in [0.29, 0.717) is 33.5 Å². The molecular formula is C16H18ClNO4. The first-order valence-corrected chi connectivity index (χ1v) is 7.01. The van der Waals surface area contributed by atoms with E-state index in [0.717, 1.165) is 0 Å². The summed E-state index contributed by atoms with van der Waals surface area (Å²) in [5.41, 5.74) is 6.79. The van der Waals surface area contributed by atoms with Gasteiger partial charge in [0.25, 0.3) is 0 Å². The van der Waals surface area contributed by atoms with Crippen molar-refractivity contribution in [2.24, 2.45) is 0 Å². The minimum absolute atomic E-state index is 0.0173. The van der Waals surface area contributed by atoms with Crippen LogP contribution in [-0.4, -0.2) is 25.9 Å². The molecule has 0 aliphatic heterocycles. The first-order chi connectivity index (χ1) is 10.6. The maximum absolute atomic E-state index is 10.3. The molecule has 0 amide bonds. The van der Waals surface area contributed by atoms with Crippen LogP contribution in [0.2, 0.25) is 5.02 Å². The van der Waals surface area contributed by atoms with Gasteiger partial charge in [0.15, 0.2) is 11.5 Å². The molecule has 0 saturated heterocycles. The van der Waals surface area contributed by atoms with Crippen LogP contribution in [0.1, 0.15) is 11.7 Å². The summed E-state index contributed by atoms with van der Waals surface area (Å²) in [4.78, 5) is 0. The van der Waals surface area contributed by atoms with E-state index in [4.69, 9.17) is 31.5 Å². The first-order valence-electron chi connectivity index (χ1n) is 6.63. The Bertz CT molecular complexity index is 648. The molecule has 22 heavy (non-hydrogen) atoms. The van der Waals surface area contributed by atoms with Crippen molar-refractivity contribution in [3.63, 3.8) is 0 Å². The second kappa shape index (κ2) is 7.24. The second-order valence-electron chi connectivity index (χ2n) is 4.59. The Morgan fingerprint density at radius 1 is 1.09 bits per heavy atom. The molecule has 0 aromatic heterocycles. The molecule has 0 heterocycles. The number of nitrogens with two attached hydrogens (primary N) is 1. The van der Waals surface area contributed by atoms with E-state index < -0.39 is 6.10 Å². The van der Waals surface area contributed by atoms with Crippen molar-refractivity contribution in [3.8, 4) is 17.2 Å². The Morgan fingerprint density at radius 2 is 1.73 bits per heavy atom. The molecule has 0 aliphatic rings. The molecule has 3 N–H and O–H groups in total. The van der Waals surface area contributed by atoms with E-state index in [1.165, 1.54) is 14.2 Å². The summed E-state index contributed by atoms with van der Waals surface area (Å²) in [6, 6.07) is 10.3. The van der Waals surface area contributed by atoms with Gasteiger partial charge in [-0.25, -0.2) is 0 Å². The van der Waals surface area contributed by atoms with Gasteiger partial charge in [0.05, 0.1) is 24.9 Å². The maximum Gasteiger partial charge on any atom is 0.162 e. The van der Waals surface area contributed by atoms with Gasteiger partial charge in [-0.05, 0) is 18.2 Å². The zero-order valence-corrected chi connectivity index (χ0v) is 13.1. The molecule has 0 fully saturated rings. The third-order valence-corrected chi connectivity index (χ3v) is 3.50. The van der Waals surface area contributed by atoms with Crippen LogP contribution >= 0.6 is 11.6 Å². The first kappa shape index (κ1) is 16.3. The van der Waals surface area contributed by atoms with Crippen molar-refractivity contribution >= 4 is 17.3 Å². The van der Waals surface area contributed by atoms with Crippen LogP contribution in [0.3, 0.4) is 0 Å². The Morgan fingerprint density at radius 3 is 2.36 bits per heavy atom. The Hall–Kier alpha value is -2.11. The average Bonchev–Trinajstić information content (AvgIpc) is 2.53. The Labute approximate surface area is 134 Å². The molecule has 1 unspecified atom stereocenters. The highest BCUT2D eigenvalue weighted by Gasteiger charge is 2.17. The molecule has 2 rings (SSSR count). The van der Waals surface area contributed by atoms with Gasteiger partial charge in [0.1, 0.15) is 18.5 Å². The quantitative estimate of drug-likeness (QED) is 0.799. The molecular weight excluding hydrogens is 306 g/mol. The van der Waals surface area contributed by atoms with Gasteiger partial charge < -0.3 is 25.1 Å². The van der Waals surface area contributed by atoms with E-state index in [2.05, 4.69) is 0 Å². The fourth-order valence-electron chi connectivity index (χ4n) is 2.00. The number of aliphatic hydroxyl groups excluding tert-OH is 1. The van der Waals surface area contributed by atoms with E-state index in [1.807, 2.05) is 12.1 Å². The molecule has 2 aromatic rings. The number of methoxy groups -OCH3 is 2. The van der Waals surface area contributed by atoms with Gasteiger partial charge in [-0.15, -0.1) is 0 Å². The average molecular weight is 324 g/mol. The third-order valence-electron chi connectivity index (χ3n) is 3.18. The second-order valence-corrected chi connectivity index (χ2v) is 5.00. The lowest BCUT2D eigenvalue weighted by atomic mass is 10.1. The zero-order valence-electron chi connectivity index (χ0n) is 12.4. The maximum atomic E-state index is 10.3. The fourth-order valence-corrected chi connectivity index (χ4v) is 2.28. The number of halogens is 1. The van der Waals surface area contributed by atoms with E-state index in [-0.39, 0.29) is 6.61 Å². The number of hydrogen-bond acceptors (Lipinski definition) is 5. The number of nitrogen functional groups attached to an aromatic ring is 1. The molecule has 0 aliphatic carbocycles. The lowest BCUT2D eigenvalue weighted by Crippen LogP contribution is -2.11. The number of hydrogen-bond donors (Lipinski definition) is 2. The molecule has 0 bridgehead atoms. The van der Waals surface area contributed by atoms with E-state index >= 15 is 0 Å². The summed E-state index contributed by atoms with van der Waals surface area (Å²) < 4.78 is 15.9. The van der Waals surface area contributed by atoms with Crippen LogP contribution in [0.4, 0.5) is 5.69 Å². The van der Waals surface area contributed by atoms with Crippen LogP contribution < -0.4 is 19.9 Å². The van der Waals surface area contributed by atoms with Gasteiger partial charge >= 0.3 is 0 Å². The van der Waals surface area contributed by atoms with Gasteiger partial charge in [-0.3, -0.25) is 0 Å². The van der Waals surface area contributed by atoms with Gasteiger partial charge in [0, 0.05) is 11.6 Å². The van der Waals surface area contributed by atoms with Crippen LogP contribution in [0.25, 0.3) is 0 Å². The number of ether oxygens (including phenoxy) is 3. The molecule has 5 nitrogen and oxygen atoms in total. The van der Waals surface area contributed by atoms with Crippen LogP contribution in [0, 0.1) is 0 Å². The zero-order chi connectivity index (χ0) is 16.1. The molecule has 0 spiro atoms. The van der Waals surface area contributed by atoms with Crippen molar-refractivity contribution in [2.75, 3.05) is 26.6 Å². The van der Waals surface area contributed by atoms with Gasteiger partial charge in [0.2, 0.25) is 0 Å². The van der Waals surface area contributed by atoms with Gasteiger partial charge in [-0.2, -0.15) is 0 Å². The van der Waals surface area contributed by atoms with Crippen molar-refractivity contribution in [1.29, 1.82) is 0 Å². The van der Waals surface area contributed by atoms with Crippen LogP contribution in [0.15, 0.2) is 36.4 Å². The Balaban J connectivity index is 2.15. The largest absolute Gasteiger partial charge is 0.493 e. The lowest BCUT2D eigenvalue weighted by Gasteiger charge is -2.17. The monoisotopic (exact) mass is 323 g/mol. The molecule has 0 radical (unpaired) electrons. The standard InChI is InChI=1S/C16H18ClNO4/c1-20-15-7-10(11(17)8-16(15)21-2)13(19)9-22-14-6-4-3-5-12(14)18/h3-8,13,19H,9,18H2,1-2H3. The molecule has 6 heteroatoms. The number of rotatable bonds is 6. The summed E-state index contributed by atoms with van der Waals surface area (Å²) in [5.74, 6) is 1.50. The van der Waals surface area contributed by atoms with Crippen LogP contribution in [0.5, 0.6) is 17.2 Å². The smallest absolute Gasteiger partial charge is 0.162 e. The number of aliphatic hydroxyl groups is 1. The van der Waals surface area contributed by atoms with Gasteiger partial charge in [-0.1, -0.05) is 23.7 Å². The number of benzene rings is 2. The highest BCUT2D eigenvalue weighted by molar-refractivity contribution is 6.31. The SMILES string of the molecule is COc1cc(Cl)c(C(O)COc2ccccc2N)cc1OC. The molecule has 0 saturated carbocycles. The molecule has 118 valence electrons. The fraction of sp³-hybridized carbons (Fsp3) is 0.250. The predicted octanol–water partition coefficient (Wildman–Crippen LogP) is 3.05. The minimum Gasteiger partial charge on any atom is -0.493 e. The number of anilines is 1. The normalized spacial score (nSPS) is 11.8. The minimum atomic E-state index is -0.924. The summed E-state index contributed by atoms with van der Waals surface area (Å²) in [7, 11) is 3.04. The predicted molar refractivity (Wildman–Crippen MR) is 85.9 cm³/mol. The van der Waals surface area contributed by atoms with E-state index in [1.54, 1.807) is 24.3 Å². The summed E-state index contributed by atoms with van der Waals surface area (Å²) in [6.45, 7) is 0.0173. The summed E-state index contributed by atoms with van der Waals surface area (Å²) in [5, 5.41) is 10.7. The molecule has 1 atom stereocenters. The third kappa shape index (κ3) is 3.55. The van der Waals surface area contributed by atoms with Crippen molar-refractivity contribution < 1.29 is 19.3 Å². The van der Waals surface area contributed by atoms with Crippen LogP contribution in [-0.2, 0) is 0 Å². The summed E-state index contributed by atoms with van der Waals surface area (Å²) >= 11 is 6.17. The van der Waals surface area contributed by atoms with Crippen molar-refractivity contribution in [3.05, 3.63) is 47.0 Å². The molecule has 2 aromatic carbocycles. The Kier molecular flexibility index (Phi) is 5.35. The number of para-hydroxylation sites is 2. The van der Waals surface area contributed by atoms with E-state index in [9.17, 15) is 5.11 Å². The highest BCUT2D eigenvalue weighted by Crippen LogP contribution is 2.36. The summed E-state index contributed by atoms with van der Waals surface area (Å²) in [6.07, 6.45) is -0.924.